The molecule has 0 aromatic heterocycles. The zero-order valence-corrected chi connectivity index (χ0v) is 10.1. The third-order valence-corrected chi connectivity index (χ3v) is 2.48. The van der Waals surface area contributed by atoms with E-state index in [0.29, 0.717) is 5.02 Å². The van der Waals surface area contributed by atoms with E-state index in [1.54, 1.807) is 0 Å². The highest BCUT2D eigenvalue weighted by molar-refractivity contribution is 6.32. The van der Waals surface area contributed by atoms with Crippen molar-refractivity contribution in [2.45, 2.75) is 33.3 Å². The first-order valence-electron chi connectivity index (χ1n) is 5.27. The van der Waals surface area contributed by atoms with Crippen molar-refractivity contribution in [3.8, 4) is 5.75 Å². The van der Waals surface area contributed by atoms with Gasteiger partial charge in [0.15, 0.2) is 0 Å². The fourth-order valence-corrected chi connectivity index (χ4v) is 1.98. The number of ether oxygens (including phenoxy) is 1. The van der Waals surface area contributed by atoms with Gasteiger partial charge in [0.25, 0.3) is 0 Å². The van der Waals surface area contributed by atoms with Crippen LogP contribution in [0.25, 0.3) is 0 Å². The van der Waals surface area contributed by atoms with Crippen molar-refractivity contribution in [1.82, 2.24) is 0 Å². The SMILES string of the molecule is CC.Cc1cc(Cl)c2c(c1)CC(CO)O2. The van der Waals surface area contributed by atoms with Gasteiger partial charge in [-0.05, 0) is 24.1 Å². The van der Waals surface area contributed by atoms with Gasteiger partial charge in [0.05, 0.1) is 11.6 Å². The fraction of sp³-hybridized carbons (Fsp3) is 0.500. The Morgan fingerprint density at radius 3 is 2.73 bits per heavy atom. The maximum absolute atomic E-state index is 8.93. The van der Waals surface area contributed by atoms with E-state index < -0.39 is 0 Å². The number of hydrogen-bond acceptors (Lipinski definition) is 2. The molecule has 0 saturated heterocycles. The molecule has 0 amide bonds. The molecular formula is C12H17ClO2. The van der Waals surface area contributed by atoms with Crippen LogP contribution in [0.4, 0.5) is 0 Å². The summed E-state index contributed by atoms with van der Waals surface area (Å²) in [5.41, 5.74) is 2.23. The Balaban J connectivity index is 0.000000531. The zero-order valence-electron chi connectivity index (χ0n) is 9.38. The summed E-state index contributed by atoms with van der Waals surface area (Å²) < 4.78 is 5.46. The quantitative estimate of drug-likeness (QED) is 0.801. The highest BCUT2D eigenvalue weighted by atomic mass is 35.5. The van der Waals surface area contributed by atoms with Crippen molar-refractivity contribution in [2.24, 2.45) is 0 Å². The molecule has 1 heterocycles. The van der Waals surface area contributed by atoms with E-state index in [4.69, 9.17) is 21.4 Å². The second-order valence-electron chi connectivity index (χ2n) is 3.36. The molecule has 0 fully saturated rings. The summed E-state index contributed by atoms with van der Waals surface area (Å²) >= 11 is 5.99. The molecule has 1 atom stereocenters. The Bertz CT molecular complexity index is 337. The van der Waals surface area contributed by atoms with E-state index >= 15 is 0 Å². The summed E-state index contributed by atoms with van der Waals surface area (Å²) in [5, 5.41) is 9.57. The first-order chi connectivity index (χ1) is 7.20. The van der Waals surface area contributed by atoms with Crippen molar-refractivity contribution in [2.75, 3.05) is 6.61 Å². The normalized spacial score (nSPS) is 17.5. The second-order valence-corrected chi connectivity index (χ2v) is 3.77. The molecule has 0 spiro atoms. The summed E-state index contributed by atoms with van der Waals surface area (Å²) in [6, 6.07) is 3.93. The number of halogens is 1. The fourth-order valence-electron chi connectivity index (χ4n) is 1.64. The molecule has 1 N–H and O–H groups in total. The van der Waals surface area contributed by atoms with Gasteiger partial charge < -0.3 is 9.84 Å². The Hall–Kier alpha value is -0.730. The lowest BCUT2D eigenvalue weighted by Crippen LogP contribution is -2.17. The first kappa shape index (κ1) is 12.3. The molecule has 1 unspecified atom stereocenters. The minimum Gasteiger partial charge on any atom is -0.486 e. The van der Waals surface area contributed by atoms with E-state index in [0.717, 1.165) is 23.3 Å². The van der Waals surface area contributed by atoms with Crippen LogP contribution in [0.1, 0.15) is 25.0 Å². The molecule has 0 radical (unpaired) electrons. The van der Waals surface area contributed by atoms with E-state index in [9.17, 15) is 0 Å². The Labute approximate surface area is 95.8 Å². The first-order valence-corrected chi connectivity index (χ1v) is 5.65. The molecule has 3 heteroatoms. The molecule has 15 heavy (non-hydrogen) atoms. The topological polar surface area (TPSA) is 29.5 Å². The molecule has 1 aromatic carbocycles. The average molecular weight is 229 g/mol. The largest absolute Gasteiger partial charge is 0.486 e. The van der Waals surface area contributed by atoms with Crippen LogP contribution in [0.2, 0.25) is 5.02 Å². The van der Waals surface area contributed by atoms with Gasteiger partial charge in [-0.3, -0.25) is 0 Å². The van der Waals surface area contributed by atoms with Crippen LogP contribution < -0.4 is 4.74 Å². The number of aliphatic hydroxyl groups excluding tert-OH is 1. The van der Waals surface area contributed by atoms with Gasteiger partial charge in [-0.15, -0.1) is 0 Å². The molecule has 84 valence electrons. The van der Waals surface area contributed by atoms with Gasteiger partial charge in [0.1, 0.15) is 11.9 Å². The standard InChI is InChI=1S/C10H11ClO2.C2H6/c1-6-2-7-4-8(5-12)13-10(7)9(11)3-6;1-2/h2-3,8,12H,4-5H2,1H3;1-2H3. The second kappa shape index (κ2) is 5.38. The van der Waals surface area contributed by atoms with Crippen LogP contribution in [-0.2, 0) is 6.42 Å². The van der Waals surface area contributed by atoms with Gasteiger partial charge in [0.2, 0.25) is 0 Å². The van der Waals surface area contributed by atoms with Crippen molar-refractivity contribution in [3.63, 3.8) is 0 Å². The van der Waals surface area contributed by atoms with Crippen LogP contribution >= 0.6 is 11.6 Å². The highest BCUT2D eigenvalue weighted by Gasteiger charge is 2.24. The molecule has 1 aliphatic heterocycles. The predicted molar refractivity (Wildman–Crippen MR) is 62.7 cm³/mol. The van der Waals surface area contributed by atoms with E-state index in [1.165, 1.54) is 0 Å². The molecule has 0 bridgehead atoms. The maximum Gasteiger partial charge on any atom is 0.141 e. The number of benzene rings is 1. The van der Waals surface area contributed by atoms with E-state index in [-0.39, 0.29) is 12.7 Å². The Morgan fingerprint density at radius 2 is 2.13 bits per heavy atom. The number of aliphatic hydroxyl groups is 1. The summed E-state index contributed by atoms with van der Waals surface area (Å²) in [7, 11) is 0. The smallest absolute Gasteiger partial charge is 0.141 e. The zero-order chi connectivity index (χ0) is 11.4. The number of fused-ring (bicyclic) bond motifs is 1. The van der Waals surface area contributed by atoms with Crippen molar-refractivity contribution >= 4 is 11.6 Å². The monoisotopic (exact) mass is 228 g/mol. The van der Waals surface area contributed by atoms with Gasteiger partial charge >= 0.3 is 0 Å². The van der Waals surface area contributed by atoms with E-state index in [2.05, 4.69) is 6.07 Å². The lowest BCUT2D eigenvalue weighted by molar-refractivity contribution is 0.134. The van der Waals surface area contributed by atoms with Gasteiger partial charge in [-0.1, -0.05) is 31.5 Å². The van der Waals surface area contributed by atoms with Crippen LogP contribution in [0, 0.1) is 6.92 Å². The van der Waals surface area contributed by atoms with Crippen LogP contribution in [0.15, 0.2) is 12.1 Å². The van der Waals surface area contributed by atoms with E-state index in [1.807, 2.05) is 26.8 Å². The van der Waals surface area contributed by atoms with Crippen LogP contribution in [0.3, 0.4) is 0 Å². The lowest BCUT2D eigenvalue weighted by atomic mass is 10.1. The van der Waals surface area contributed by atoms with Gasteiger partial charge in [-0.2, -0.15) is 0 Å². The Kier molecular flexibility index (Phi) is 4.43. The van der Waals surface area contributed by atoms with Crippen molar-refractivity contribution in [1.29, 1.82) is 0 Å². The molecule has 0 saturated carbocycles. The molecule has 1 aliphatic rings. The minimum absolute atomic E-state index is 0.0457. The lowest BCUT2D eigenvalue weighted by Gasteiger charge is -2.06. The highest BCUT2D eigenvalue weighted by Crippen LogP contribution is 2.36. The minimum atomic E-state index is -0.116. The molecular weight excluding hydrogens is 212 g/mol. The van der Waals surface area contributed by atoms with Crippen molar-refractivity contribution < 1.29 is 9.84 Å². The van der Waals surface area contributed by atoms with Crippen molar-refractivity contribution in [3.05, 3.63) is 28.3 Å². The summed E-state index contributed by atoms with van der Waals surface area (Å²) in [6.45, 7) is 6.04. The summed E-state index contributed by atoms with van der Waals surface area (Å²) in [6.07, 6.45) is 0.641. The number of hydrogen-bond donors (Lipinski definition) is 1. The van der Waals surface area contributed by atoms with Crippen LogP contribution in [0.5, 0.6) is 5.75 Å². The molecule has 1 aromatic rings. The average Bonchev–Trinajstić information content (AvgIpc) is 2.64. The summed E-state index contributed by atoms with van der Waals surface area (Å²) in [5.74, 6) is 0.742. The third-order valence-electron chi connectivity index (χ3n) is 2.20. The van der Waals surface area contributed by atoms with Gasteiger partial charge in [0, 0.05) is 6.42 Å². The Morgan fingerprint density at radius 1 is 1.47 bits per heavy atom. The van der Waals surface area contributed by atoms with Crippen LogP contribution in [-0.4, -0.2) is 17.8 Å². The third kappa shape index (κ3) is 2.64. The summed E-state index contributed by atoms with van der Waals surface area (Å²) in [4.78, 5) is 0. The molecule has 2 nitrogen and oxygen atoms in total. The maximum atomic E-state index is 8.93. The van der Waals surface area contributed by atoms with Gasteiger partial charge in [-0.25, -0.2) is 0 Å². The number of rotatable bonds is 1. The molecule has 0 aliphatic carbocycles. The number of aryl methyl sites for hydroxylation is 1. The molecule has 2 rings (SSSR count). The predicted octanol–water partition coefficient (Wildman–Crippen LogP) is 2.97.